The summed E-state index contributed by atoms with van der Waals surface area (Å²) in [5.74, 6) is -1.95. The van der Waals surface area contributed by atoms with E-state index < -0.39 is 33.3 Å². The molecule has 2 N–H and O–H groups in total. The minimum Gasteiger partial charge on any atom is -0.489 e. The predicted molar refractivity (Wildman–Crippen MR) is 167 cm³/mol. The fourth-order valence-electron chi connectivity index (χ4n) is 5.08. The zero-order valence-electron chi connectivity index (χ0n) is 24.2. The van der Waals surface area contributed by atoms with Gasteiger partial charge in [0.1, 0.15) is 17.9 Å². The number of rotatable bonds is 12. The molecule has 44 heavy (non-hydrogen) atoms. The topological polar surface area (TPSA) is 122 Å². The highest BCUT2D eigenvalue weighted by Gasteiger charge is 2.60. The number of carbonyl (C=O) groups excluding carboxylic acids is 3. The lowest BCUT2D eigenvalue weighted by atomic mass is 10.1. The molecule has 4 aromatic carbocycles. The first-order valence-electron chi connectivity index (χ1n) is 14.1. The van der Waals surface area contributed by atoms with Gasteiger partial charge in [0.15, 0.2) is 0 Å². The predicted octanol–water partition coefficient (Wildman–Crippen LogP) is 4.33. The van der Waals surface area contributed by atoms with Gasteiger partial charge in [-0.2, -0.15) is 0 Å². The summed E-state index contributed by atoms with van der Waals surface area (Å²) in [6.45, 7) is 5.21. The molecule has 1 saturated carbocycles. The molecule has 0 radical (unpaired) electrons. The van der Waals surface area contributed by atoms with Crippen molar-refractivity contribution in [2.24, 2.45) is 5.92 Å². The number of benzene rings is 4. The van der Waals surface area contributed by atoms with Crippen molar-refractivity contribution in [3.63, 3.8) is 0 Å². The Balaban J connectivity index is 1.25. The summed E-state index contributed by atoms with van der Waals surface area (Å²) in [5.41, 5.74) is 0.255. The largest absolute Gasteiger partial charge is 0.489 e. The summed E-state index contributed by atoms with van der Waals surface area (Å²) in [4.78, 5) is 40.2. The van der Waals surface area contributed by atoms with Crippen LogP contribution >= 0.6 is 0 Å². The van der Waals surface area contributed by atoms with Crippen LogP contribution in [-0.4, -0.2) is 43.1 Å². The molecular weight excluding hydrogens is 578 g/mol. The Hall–Kier alpha value is -4.96. The van der Waals surface area contributed by atoms with Gasteiger partial charge in [-0.15, -0.1) is 6.58 Å². The Kier molecular flexibility index (Phi) is 8.82. The number of nitrogens with one attached hydrogen (secondary N) is 2. The lowest BCUT2D eigenvalue weighted by Crippen LogP contribution is -2.54. The molecule has 0 saturated heterocycles. The smallest absolute Gasteiger partial charge is 0.264 e. The number of nitrogens with zero attached hydrogens (tertiary/aromatic N) is 1. The van der Waals surface area contributed by atoms with Crippen LogP contribution in [0.2, 0.25) is 0 Å². The normalized spacial score (nSPS) is 17.3. The number of ether oxygens (including phenoxy) is 1. The second kappa shape index (κ2) is 12.7. The van der Waals surface area contributed by atoms with Crippen LogP contribution < -0.4 is 14.8 Å². The van der Waals surface area contributed by atoms with Gasteiger partial charge < -0.3 is 15.0 Å². The highest BCUT2D eigenvalue weighted by atomic mass is 32.2. The molecule has 9 nitrogen and oxygen atoms in total. The van der Waals surface area contributed by atoms with Crippen LogP contribution in [0.3, 0.4) is 0 Å². The van der Waals surface area contributed by atoms with Crippen LogP contribution in [0, 0.1) is 5.92 Å². The van der Waals surface area contributed by atoms with Gasteiger partial charge in [0.25, 0.3) is 15.9 Å². The molecule has 0 bridgehead atoms. The molecule has 5 rings (SSSR count). The Morgan fingerprint density at radius 3 is 2.36 bits per heavy atom. The SMILES string of the molecule is C=C[C@@H]1C[C@]1(NC(=O)CN(Cc1ccc2ccccc2c1)C(C)=O)C(=O)NS(=O)(=O)c1cccc(OCc2ccccc2)c1. The summed E-state index contributed by atoms with van der Waals surface area (Å²) >= 11 is 0. The standard InChI is InChI=1S/C34H33N3O6S/c1-3-29-20-34(29,35-32(39)22-37(24(2)38)21-26-16-17-27-12-7-8-13-28(27)18-26)33(40)36-44(41,42)31-15-9-14-30(19-31)43-23-25-10-5-4-6-11-25/h3-19,29H,1,20-23H2,2H3,(H,35,39)(H,36,40)/t29-,34-/m1/s1. The molecule has 0 aromatic heterocycles. The minimum atomic E-state index is -4.30. The molecule has 2 atom stereocenters. The molecule has 0 unspecified atom stereocenters. The first-order valence-corrected chi connectivity index (χ1v) is 15.6. The van der Waals surface area contributed by atoms with Gasteiger partial charge in [-0.3, -0.25) is 14.4 Å². The molecule has 3 amide bonds. The van der Waals surface area contributed by atoms with Crippen LogP contribution in [0.4, 0.5) is 0 Å². The van der Waals surface area contributed by atoms with E-state index in [0.717, 1.165) is 21.9 Å². The van der Waals surface area contributed by atoms with Gasteiger partial charge in [-0.25, -0.2) is 13.1 Å². The van der Waals surface area contributed by atoms with E-state index in [1.165, 1.54) is 36.1 Å². The van der Waals surface area contributed by atoms with E-state index in [4.69, 9.17) is 4.74 Å². The fraction of sp³-hybridized carbons (Fsp3) is 0.206. The third-order valence-electron chi connectivity index (χ3n) is 7.63. The summed E-state index contributed by atoms with van der Waals surface area (Å²) in [6.07, 6.45) is 1.68. The maximum absolute atomic E-state index is 13.4. The zero-order chi connectivity index (χ0) is 31.3. The van der Waals surface area contributed by atoms with Crippen LogP contribution in [0.25, 0.3) is 10.8 Å². The van der Waals surface area contributed by atoms with E-state index in [2.05, 4.69) is 16.6 Å². The van der Waals surface area contributed by atoms with Crippen molar-refractivity contribution >= 4 is 38.5 Å². The van der Waals surface area contributed by atoms with Crippen LogP contribution in [-0.2, 0) is 37.6 Å². The quantitative estimate of drug-likeness (QED) is 0.230. The van der Waals surface area contributed by atoms with Crippen molar-refractivity contribution in [3.8, 4) is 5.75 Å². The van der Waals surface area contributed by atoms with Gasteiger partial charge in [0, 0.05) is 25.5 Å². The Labute approximate surface area is 256 Å². The molecule has 1 aliphatic rings. The van der Waals surface area contributed by atoms with Crippen molar-refractivity contribution in [1.82, 2.24) is 14.9 Å². The highest BCUT2D eigenvalue weighted by molar-refractivity contribution is 7.90. The fourth-order valence-corrected chi connectivity index (χ4v) is 6.15. The number of sulfonamides is 1. The van der Waals surface area contributed by atoms with Crippen LogP contribution in [0.15, 0.2) is 115 Å². The van der Waals surface area contributed by atoms with Crippen molar-refractivity contribution in [1.29, 1.82) is 0 Å². The van der Waals surface area contributed by atoms with Crippen LogP contribution in [0.5, 0.6) is 5.75 Å². The van der Waals surface area contributed by atoms with E-state index in [-0.39, 0.29) is 36.9 Å². The monoisotopic (exact) mass is 611 g/mol. The summed E-state index contributed by atoms with van der Waals surface area (Å²) in [6, 6.07) is 28.9. The van der Waals surface area contributed by atoms with Crippen molar-refractivity contribution in [3.05, 3.63) is 121 Å². The number of hydrogen-bond donors (Lipinski definition) is 2. The zero-order valence-corrected chi connectivity index (χ0v) is 25.0. The Morgan fingerprint density at radius 2 is 1.66 bits per heavy atom. The van der Waals surface area contributed by atoms with Gasteiger partial charge in [0.05, 0.1) is 11.4 Å². The maximum Gasteiger partial charge on any atom is 0.264 e. The molecule has 0 spiro atoms. The molecule has 1 aliphatic carbocycles. The first-order chi connectivity index (χ1) is 21.1. The van der Waals surface area contributed by atoms with Gasteiger partial charge in [-0.05, 0) is 46.5 Å². The van der Waals surface area contributed by atoms with Gasteiger partial charge in [-0.1, -0.05) is 78.9 Å². The van der Waals surface area contributed by atoms with E-state index in [0.29, 0.717) is 5.75 Å². The van der Waals surface area contributed by atoms with E-state index in [1.807, 2.05) is 72.8 Å². The third kappa shape index (κ3) is 6.98. The second-order valence-corrected chi connectivity index (χ2v) is 12.5. The Morgan fingerprint density at radius 1 is 0.932 bits per heavy atom. The molecule has 0 heterocycles. The van der Waals surface area contributed by atoms with E-state index in [9.17, 15) is 22.8 Å². The average molecular weight is 612 g/mol. The lowest BCUT2D eigenvalue weighted by molar-refractivity contribution is -0.136. The third-order valence-corrected chi connectivity index (χ3v) is 8.95. The summed E-state index contributed by atoms with van der Waals surface area (Å²) in [7, 11) is -4.30. The van der Waals surface area contributed by atoms with E-state index in [1.54, 1.807) is 6.07 Å². The van der Waals surface area contributed by atoms with Crippen molar-refractivity contribution in [2.75, 3.05) is 6.54 Å². The molecular formula is C34H33N3O6S. The molecule has 4 aromatic rings. The molecule has 10 heteroatoms. The van der Waals surface area contributed by atoms with Crippen LogP contribution in [0.1, 0.15) is 24.5 Å². The number of amides is 3. The van der Waals surface area contributed by atoms with Crippen molar-refractivity contribution in [2.45, 2.75) is 36.9 Å². The summed E-state index contributed by atoms with van der Waals surface area (Å²) in [5, 5.41) is 4.75. The number of fused-ring (bicyclic) bond motifs is 1. The highest BCUT2D eigenvalue weighted by Crippen LogP contribution is 2.45. The van der Waals surface area contributed by atoms with Gasteiger partial charge >= 0.3 is 0 Å². The number of hydrogen-bond acceptors (Lipinski definition) is 6. The van der Waals surface area contributed by atoms with Crippen molar-refractivity contribution < 1.29 is 27.5 Å². The second-order valence-electron chi connectivity index (χ2n) is 10.8. The summed E-state index contributed by atoms with van der Waals surface area (Å²) < 4.78 is 34.3. The maximum atomic E-state index is 13.4. The molecule has 226 valence electrons. The minimum absolute atomic E-state index is 0.160. The molecule has 0 aliphatic heterocycles. The molecule has 1 fully saturated rings. The first kappa shape index (κ1) is 30.5. The van der Waals surface area contributed by atoms with Gasteiger partial charge in [0.2, 0.25) is 11.8 Å². The average Bonchev–Trinajstić information content (AvgIpc) is 3.74. The number of carbonyl (C=O) groups is 3. The Bertz CT molecular complexity index is 1830. The van der Waals surface area contributed by atoms with E-state index >= 15 is 0 Å². The lowest BCUT2D eigenvalue weighted by Gasteiger charge is -2.24.